The second-order valence-corrected chi connectivity index (χ2v) is 6.04. The third-order valence-electron chi connectivity index (χ3n) is 4.05. The van der Waals surface area contributed by atoms with Gasteiger partial charge in [0.2, 0.25) is 5.95 Å². The van der Waals surface area contributed by atoms with E-state index in [-0.39, 0.29) is 0 Å². The van der Waals surface area contributed by atoms with Gasteiger partial charge in [-0.3, -0.25) is 9.97 Å². The van der Waals surface area contributed by atoms with Gasteiger partial charge in [-0.05, 0) is 27.2 Å². The van der Waals surface area contributed by atoms with Gasteiger partial charge in [-0.15, -0.1) is 0 Å². The van der Waals surface area contributed by atoms with Crippen LogP contribution in [0.5, 0.6) is 0 Å². The topological polar surface area (TPSA) is 98.8 Å². The molecule has 3 rings (SSSR count). The predicted octanol–water partition coefficient (Wildman–Crippen LogP) is 3.48. The van der Waals surface area contributed by atoms with E-state index in [1.807, 2.05) is 20.8 Å². The molecule has 3 heterocycles. The molecule has 0 radical (unpaired) electrons. The third kappa shape index (κ3) is 4.28. The summed E-state index contributed by atoms with van der Waals surface area (Å²) in [6.07, 6.45) is 7.36. The molecule has 3 aromatic heterocycles. The van der Waals surface area contributed by atoms with Crippen molar-refractivity contribution in [3.05, 3.63) is 48.4 Å². The van der Waals surface area contributed by atoms with E-state index in [4.69, 9.17) is 9.26 Å². The summed E-state index contributed by atoms with van der Waals surface area (Å²) in [4.78, 5) is 17.8. The molecule has 0 unspecified atom stereocenters. The second kappa shape index (κ2) is 8.39. The number of nitrogens with zero attached hydrogens (tertiary/aromatic N) is 5. The van der Waals surface area contributed by atoms with E-state index < -0.39 is 0 Å². The Bertz CT molecular complexity index is 920. The first-order valence-corrected chi connectivity index (χ1v) is 8.66. The van der Waals surface area contributed by atoms with Gasteiger partial charge in [0, 0.05) is 24.5 Å². The summed E-state index contributed by atoms with van der Waals surface area (Å²) in [5, 5.41) is 7.23. The Hall–Kier alpha value is -3.29. The summed E-state index contributed by atoms with van der Waals surface area (Å²) in [5.74, 6) is 1.14. The van der Waals surface area contributed by atoms with Crippen molar-refractivity contribution in [3.8, 4) is 22.7 Å². The molecule has 0 spiro atoms. The molecule has 0 bridgehead atoms. The summed E-state index contributed by atoms with van der Waals surface area (Å²) in [5.41, 5.74) is 4.62. The Kier molecular flexibility index (Phi) is 5.75. The maximum atomic E-state index is 5.51. The number of hydrogen-bond donors (Lipinski definition) is 1. The number of anilines is 1. The van der Waals surface area contributed by atoms with E-state index in [0.717, 1.165) is 28.9 Å². The fourth-order valence-corrected chi connectivity index (χ4v) is 2.45. The molecule has 0 atom stereocenters. The molecule has 8 heteroatoms. The molecule has 0 saturated carbocycles. The molecule has 0 aliphatic carbocycles. The summed E-state index contributed by atoms with van der Waals surface area (Å²) >= 11 is 0. The van der Waals surface area contributed by atoms with Crippen molar-refractivity contribution in [1.29, 1.82) is 0 Å². The standard InChI is InChI=1S/C19H22N6O2/c1-5-26-8-6-7-20-19-23-10-15(18-13(3)14(4)25-27-18)17(24-19)16-11-21-12(2)9-22-16/h5,9-11H,1,6-8H2,2-4H3,(H,20,23,24). The molecule has 27 heavy (non-hydrogen) atoms. The zero-order valence-electron chi connectivity index (χ0n) is 15.7. The second-order valence-electron chi connectivity index (χ2n) is 6.04. The summed E-state index contributed by atoms with van der Waals surface area (Å²) in [6, 6.07) is 0. The summed E-state index contributed by atoms with van der Waals surface area (Å²) in [7, 11) is 0. The molecule has 140 valence electrons. The van der Waals surface area contributed by atoms with Gasteiger partial charge in [0.25, 0.3) is 0 Å². The van der Waals surface area contributed by atoms with Crippen molar-refractivity contribution in [2.45, 2.75) is 27.2 Å². The summed E-state index contributed by atoms with van der Waals surface area (Å²) < 4.78 is 10.6. The minimum absolute atomic E-state index is 0.503. The van der Waals surface area contributed by atoms with Gasteiger partial charge < -0.3 is 14.6 Å². The largest absolute Gasteiger partial charge is 0.502 e. The SMILES string of the molecule is C=COCCCNc1ncc(-c2onc(C)c2C)c(-c2cnc(C)cn2)n1. The average Bonchev–Trinajstić information content (AvgIpc) is 3.01. The van der Waals surface area contributed by atoms with Gasteiger partial charge in [-0.25, -0.2) is 9.97 Å². The van der Waals surface area contributed by atoms with Crippen LogP contribution in [0, 0.1) is 20.8 Å². The molecule has 0 aliphatic heterocycles. The van der Waals surface area contributed by atoms with Gasteiger partial charge >= 0.3 is 0 Å². The number of aromatic nitrogens is 5. The number of aryl methyl sites for hydroxylation is 2. The smallest absolute Gasteiger partial charge is 0.223 e. The minimum atomic E-state index is 0.503. The average molecular weight is 366 g/mol. The third-order valence-corrected chi connectivity index (χ3v) is 4.05. The van der Waals surface area contributed by atoms with Crippen LogP contribution in [0.3, 0.4) is 0 Å². The lowest BCUT2D eigenvalue weighted by Crippen LogP contribution is -2.08. The van der Waals surface area contributed by atoms with Crippen LogP contribution in [-0.4, -0.2) is 38.2 Å². The highest BCUT2D eigenvalue weighted by molar-refractivity contribution is 5.77. The minimum Gasteiger partial charge on any atom is -0.502 e. The van der Waals surface area contributed by atoms with Gasteiger partial charge in [0.05, 0.1) is 36.0 Å². The lowest BCUT2D eigenvalue weighted by Gasteiger charge is -2.10. The van der Waals surface area contributed by atoms with Crippen molar-refractivity contribution < 1.29 is 9.26 Å². The Morgan fingerprint density at radius 1 is 1.15 bits per heavy atom. The van der Waals surface area contributed by atoms with E-state index in [0.29, 0.717) is 36.2 Å². The van der Waals surface area contributed by atoms with E-state index in [1.165, 1.54) is 6.26 Å². The first-order chi connectivity index (χ1) is 13.1. The zero-order valence-corrected chi connectivity index (χ0v) is 15.7. The lowest BCUT2D eigenvalue weighted by atomic mass is 10.1. The molecule has 0 amide bonds. The number of rotatable bonds is 8. The quantitative estimate of drug-likeness (QED) is 0.478. The predicted molar refractivity (Wildman–Crippen MR) is 102 cm³/mol. The number of ether oxygens (including phenoxy) is 1. The number of hydrogen-bond acceptors (Lipinski definition) is 8. The molecule has 0 saturated heterocycles. The van der Waals surface area contributed by atoms with Crippen LogP contribution in [-0.2, 0) is 4.74 Å². The van der Waals surface area contributed by atoms with Crippen LogP contribution >= 0.6 is 0 Å². The molecule has 0 aliphatic rings. The zero-order chi connectivity index (χ0) is 19.2. The molecule has 0 aromatic carbocycles. The summed E-state index contributed by atoms with van der Waals surface area (Å²) in [6.45, 7) is 10.5. The van der Waals surface area contributed by atoms with Crippen molar-refractivity contribution in [2.75, 3.05) is 18.5 Å². The van der Waals surface area contributed by atoms with Crippen molar-refractivity contribution in [1.82, 2.24) is 25.1 Å². The Morgan fingerprint density at radius 2 is 2.00 bits per heavy atom. The van der Waals surface area contributed by atoms with Crippen LogP contribution in [0.1, 0.15) is 23.4 Å². The first-order valence-electron chi connectivity index (χ1n) is 8.66. The van der Waals surface area contributed by atoms with Crippen molar-refractivity contribution >= 4 is 5.95 Å². The van der Waals surface area contributed by atoms with Crippen LogP contribution in [0.15, 0.2) is 36.0 Å². The molecule has 1 N–H and O–H groups in total. The molecule has 3 aromatic rings. The van der Waals surface area contributed by atoms with E-state index >= 15 is 0 Å². The highest BCUT2D eigenvalue weighted by atomic mass is 16.5. The van der Waals surface area contributed by atoms with Crippen molar-refractivity contribution in [3.63, 3.8) is 0 Å². The highest BCUT2D eigenvalue weighted by Gasteiger charge is 2.19. The fourth-order valence-electron chi connectivity index (χ4n) is 2.45. The van der Waals surface area contributed by atoms with E-state index in [1.54, 1.807) is 18.6 Å². The maximum Gasteiger partial charge on any atom is 0.223 e. The monoisotopic (exact) mass is 366 g/mol. The number of nitrogens with one attached hydrogen (secondary N) is 1. The molecular formula is C19H22N6O2. The Labute approximate surface area is 157 Å². The van der Waals surface area contributed by atoms with Crippen LogP contribution in [0.25, 0.3) is 22.7 Å². The fraction of sp³-hybridized carbons (Fsp3) is 0.316. The van der Waals surface area contributed by atoms with E-state index in [2.05, 4.69) is 37.0 Å². The first kappa shape index (κ1) is 18.5. The van der Waals surface area contributed by atoms with E-state index in [9.17, 15) is 0 Å². The Morgan fingerprint density at radius 3 is 2.67 bits per heavy atom. The van der Waals surface area contributed by atoms with Crippen LogP contribution in [0.2, 0.25) is 0 Å². The maximum absolute atomic E-state index is 5.51. The molecule has 0 fully saturated rings. The van der Waals surface area contributed by atoms with Crippen LogP contribution < -0.4 is 5.32 Å². The normalized spacial score (nSPS) is 10.6. The van der Waals surface area contributed by atoms with Gasteiger partial charge in [0.1, 0.15) is 11.4 Å². The highest BCUT2D eigenvalue weighted by Crippen LogP contribution is 2.32. The lowest BCUT2D eigenvalue weighted by molar-refractivity contribution is 0.249. The Balaban J connectivity index is 1.94. The van der Waals surface area contributed by atoms with Gasteiger partial charge in [-0.1, -0.05) is 11.7 Å². The molecule has 8 nitrogen and oxygen atoms in total. The van der Waals surface area contributed by atoms with Crippen molar-refractivity contribution in [2.24, 2.45) is 0 Å². The van der Waals surface area contributed by atoms with Gasteiger partial charge in [-0.2, -0.15) is 0 Å². The van der Waals surface area contributed by atoms with Gasteiger partial charge in [0.15, 0.2) is 5.76 Å². The van der Waals surface area contributed by atoms with Crippen LogP contribution in [0.4, 0.5) is 5.95 Å². The molecular weight excluding hydrogens is 344 g/mol.